The van der Waals surface area contributed by atoms with Crippen LogP contribution in [0.15, 0.2) is 0 Å². The molecule has 3 fully saturated rings. The van der Waals surface area contributed by atoms with Gasteiger partial charge in [0.2, 0.25) is 0 Å². The predicted octanol–water partition coefficient (Wildman–Crippen LogP) is 1.64. The molecule has 13 heavy (non-hydrogen) atoms. The summed E-state index contributed by atoms with van der Waals surface area (Å²) in [5.41, 5.74) is 0. The highest BCUT2D eigenvalue weighted by molar-refractivity contribution is 5.17. The third-order valence-corrected chi connectivity index (χ3v) is 4.34. The van der Waals surface area contributed by atoms with Crippen molar-refractivity contribution in [2.75, 3.05) is 6.54 Å². The lowest BCUT2D eigenvalue weighted by Crippen LogP contribution is -2.23. The number of hydrogen-bond donors (Lipinski definition) is 1. The van der Waals surface area contributed by atoms with Gasteiger partial charge in [-0.05, 0) is 49.9 Å². The molecule has 1 N–H and O–H groups in total. The van der Waals surface area contributed by atoms with Gasteiger partial charge < -0.3 is 5.32 Å². The van der Waals surface area contributed by atoms with Gasteiger partial charge in [0.05, 0.1) is 6.54 Å². The van der Waals surface area contributed by atoms with Crippen LogP contribution >= 0.6 is 0 Å². The Labute approximate surface area is 80.3 Å². The van der Waals surface area contributed by atoms with Crippen molar-refractivity contribution in [2.24, 2.45) is 23.7 Å². The van der Waals surface area contributed by atoms with Crippen molar-refractivity contribution in [3.8, 4) is 11.8 Å². The lowest BCUT2D eigenvalue weighted by atomic mass is 10.0. The Morgan fingerprint density at radius 2 is 1.92 bits per heavy atom. The van der Waals surface area contributed by atoms with Gasteiger partial charge in [0.1, 0.15) is 0 Å². The van der Waals surface area contributed by atoms with Crippen LogP contribution in [0.4, 0.5) is 0 Å². The molecule has 4 atom stereocenters. The van der Waals surface area contributed by atoms with E-state index in [2.05, 4.69) is 17.2 Å². The van der Waals surface area contributed by atoms with E-state index in [1.165, 1.54) is 12.8 Å². The summed E-state index contributed by atoms with van der Waals surface area (Å²) in [5, 5.41) is 3.59. The molecule has 4 unspecified atom stereocenters. The molecule has 3 rings (SSSR count). The summed E-state index contributed by atoms with van der Waals surface area (Å²) < 4.78 is 0. The Morgan fingerprint density at radius 3 is 2.54 bits per heavy atom. The minimum absolute atomic E-state index is 0.854. The van der Waals surface area contributed by atoms with Gasteiger partial charge in [-0.1, -0.05) is 5.92 Å². The maximum Gasteiger partial charge on any atom is 0.0578 e. The molecule has 0 aromatic carbocycles. The highest BCUT2D eigenvalue weighted by Crippen LogP contribution is 2.65. The zero-order chi connectivity index (χ0) is 8.84. The SMILES string of the molecule is CC#CCNC1C2C3CCC(C3)C12. The predicted molar refractivity (Wildman–Crippen MR) is 53.1 cm³/mol. The highest BCUT2D eigenvalue weighted by atomic mass is 15.0. The van der Waals surface area contributed by atoms with Gasteiger partial charge in [0.15, 0.2) is 0 Å². The molecule has 1 nitrogen and oxygen atoms in total. The Kier molecular flexibility index (Phi) is 1.67. The molecule has 0 saturated heterocycles. The Bertz CT molecular complexity index is 257. The topological polar surface area (TPSA) is 12.0 Å². The minimum atomic E-state index is 0.854. The second-order valence-electron chi connectivity index (χ2n) is 4.82. The van der Waals surface area contributed by atoms with E-state index in [-0.39, 0.29) is 0 Å². The highest BCUT2D eigenvalue weighted by Gasteiger charge is 2.64. The van der Waals surface area contributed by atoms with Gasteiger partial charge in [0.25, 0.3) is 0 Å². The minimum Gasteiger partial charge on any atom is -0.303 e. The molecule has 0 spiro atoms. The van der Waals surface area contributed by atoms with Crippen LogP contribution in [0.1, 0.15) is 26.2 Å². The zero-order valence-corrected chi connectivity index (χ0v) is 8.22. The molecular formula is C12H17N. The summed E-state index contributed by atoms with van der Waals surface area (Å²) in [5.74, 6) is 10.3. The van der Waals surface area contributed by atoms with Crippen LogP contribution in [0.25, 0.3) is 0 Å². The van der Waals surface area contributed by atoms with Crippen molar-refractivity contribution < 1.29 is 0 Å². The van der Waals surface area contributed by atoms with Gasteiger partial charge in [-0.3, -0.25) is 0 Å². The smallest absolute Gasteiger partial charge is 0.0578 e. The molecule has 2 bridgehead atoms. The van der Waals surface area contributed by atoms with Crippen LogP contribution in [-0.2, 0) is 0 Å². The van der Waals surface area contributed by atoms with Gasteiger partial charge in [-0.15, -0.1) is 5.92 Å². The van der Waals surface area contributed by atoms with Gasteiger partial charge in [-0.25, -0.2) is 0 Å². The first kappa shape index (κ1) is 7.88. The average molecular weight is 175 g/mol. The number of rotatable bonds is 2. The second-order valence-corrected chi connectivity index (χ2v) is 4.82. The summed E-state index contributed by atoms with van der Waals surface area (Å²) in [6.07, 6.45) is 4.58. The molecule has 0 aromatic rings. The first-order valence-corrected chi connectivity index (χ1v) is 5.55. The first-order chi connectivity index (χ1) is 6.42. The quantitative estimate of drug-likeness (QED) is 0.629. The van der Waals surface area contributed by atoms with E-state index in [0.717, 1.165) is 36.3 Å². The molecule has 0 heterocycles. The summed E-state index contributed by atoms with van der Waals surface area (Å²) in [7, 11) is 0. The fraction of sp³-hybridized carbons (Fsp3) is 0.833. The summed E-state index contributed by atoms with van der Waals surface area (Å²) in [4.78, 5) is 0. The largest absolute Gasteiger partial charge is 0.303 e. The van der Waals surface area contributed by atoms with E-state index in [1.807, 2.05) is 6.92 Å². The van der Waals surface area contributed by atoms with Crippen LogP contribution in [0.3, 0.4) is 0 Å². The summed E-state index contributed by atoms with van der Waals surface area (Å²) in [6.45, 7) is 2.83. The van der Waals surface area contributed by atoms with Crippen molar-refractivity contribution >= 4 is 0 Å². The molecule has 0 aromatic heterocycles. The van der Waals surface area contributed by atoms with E-state index in [9.17, 15) is 0 Å². The molecule has 70 valence electrons. The third-order valence-electron chi connectivity index (χ3n) is 4.34. The monoisotopic (exact) mass is 175 g/mol. The normalized spacial score (nSPS) is 49.8. The van der Waals surface area contributed by atoms with E-state index in [4.69, 9.17) is 0 Å². The summed E-state index contributed by atoms with van der Waals surface area (Å²) >= 11 is 0. The molecule has 3 saturated carbocycles. The molecule has 3 aliphatic carbocycles. The maximum atomic E-state index is 3.59. The molecule has 0 aliphatic heterocycles. The average Bonchev–Trinajstić information content (AvgIpc) is 2.58. The second kappa shape index (κ2) is 2.75. The van der Waals surface area contributed by atoms with Crippen molar-refractivity contribution in [3.63, 3.8) is 0 Å². The molecule has 3 aliphatic rings. The molecular weight excluding hydrogens is 158 g/mol. The summed E-state index contributed by atoms with van der Waals surface area (Å²) in [6, 6.07) is 0.854. The van der Waals surface area contributed by atoms with Crippen molar-refractivity contribution in [3.05, 3.63) is 0 Å². The fourth-order valence-electron chi connectivity index (χ4n) is 3.86. The number of hydrogen-bond acceptors (Lipinski definition) is 1. The third kappa shape index (κ3) is 1.05. The molecule has 1 heteroatoms. The van der Waals surface area contributed by atoms with Gasteiger partial charge in [0, 0.05) is 6.04 Å². The Morgan fingerprint density at radius 1 is 1.23 bits per heavy atom. The maximum absolute atomic E-state index is 3.59. The Hall–Kier alpha value is -0.480. The number of nitrogens with one attached hydrogen (secondary N) is 1. The van der Waals surface area contributed by atoms with Crippen LogP contribution in [0.2, 0.25) is 0 Å². The van der Waals surface area contributed by atoms with Crippen LogP contribution in [-0.4, -0.2) is 12.6 Å². The standard InChI is InChI=1S/C12H17N/c1-2-3-6-13-12-10-8-4-5-9(7-8)11(10)12/h8-13H,4-7H2,1H3. The van der Waals surface area contributed by atoms with E-state index in [1.54, 1.807) is 6.42 Å². The lowest BCUT2D eigenvalue weighted by molar-refractivity contribution is 0.456. The fourth-order valence-corrected chi connectivity index (χ4v) is 3.86. The van der Waals surface area contributed by atoms with Crippen molar-refractivity contribution in [1.82, 2.24) is 5.32 Å². The zero-order valence-electron chi connectivity index (χ0n) is 8.22. The van der Waals surface area contributed by atoms with E-state index < -0.39 is 0 Å². The van der Waals surface area contributed by atoms with Gasteiger partial charge >= 0.3 is 0 Å². The van der Waals surface area contributed by atoms with Crippen LogP contribution in [0, 0.1) is 35.5 Å². The first-order valence-electron chi connectivity index (χ1n) is 5.55. The van der Waals surface area contributed by atoms with Crippen LogP contribution in [0.5, 0.6) is 0 Å². The van der Waals surface area contributed by atoms with Crippen molar-refractivity contribution in [2.45, 2.75) is 32.2 Å². The molecule has 0 amide bonds. The van der Waals surface area contributed by atoms with Crippen LogP contribution < -0.4 is 5.32 Å². The van der Waals surface area contributed by atoms with E-state index >= 15 is 0 Å². The van der Waals surface area contributed by atoms with Gasteiger partial charge in [-0.2, -0.15) is 0 Å². The van der Waals surface area contributed by atoms with E-state index in [0.29, 0.717) is 0 Å². The lowest BCUT2D eigenvalue weighted by Gasteiger charge is -2.07. The molecule has 0 radical (unpaired) electrons. The van der Waals surface area contributed by atoms with Crippen molar-refractivity contribution in [1.29, 1.82) is 0 Å². The Balaban J connectivity index is 1.57. The number of fused-ring (bicyclic) bond motifs is 5.